The molecule has 20 heavy (non-hydrogen) atoms. The molecular formula is C15H26O5. The molecule has 0 bridgehead atoms. The van der Waals surface area contributed by atoms with Crippen LogP contribution < -0.4 is 0 Å². The first-order valence-corrected chi connectivity index (χ1v) is 7.00. The lowest BCUT2D eigenvalue weighted by atomic mass is 9.97. The number of esters is 2. The zero-order valence-electron chi connectivity index (χ0n) is 13.2. The van der Waals surface area contributed by atoms with Crippen molar-refractivity contribution in [3.8, 4) is 0 Å². The summed E-state index contributed by atoms with van der Waals surface area (Å²) >= 11 is 0. The van der Waals surface area contributed by atoms with E-state index in [1.807, 2.05) is 27.7 Å². The third kappa shape index (κ3) is 7.92. The number of ketones is 1. The van der Waals surface area contributed by atoms with Crippen molar-refractivity contribution < 1.29 is 23.9 Å². The highest BCUT2D eigenvalue weighted by Crippen LogP contribution is 2.19. The molecule has 0 saturated heterocycles. The molecule has 0 aliphatic heterocycles. The number of carbonyl (C=O) groups excluding carboxylic acids is 3. The van der Waals surface area contributed by atoms with Crippen molar-refractivity contribution >= 4 is 17.7 Å². The van der Waals surface area contributed by atoms with Crippen molar-refractivity contribution in [2.45, 2.75) is 65.9 Å². The Morgan fingerprint density at radius 3 is 2.20 bits per heavy atom. The van der Waals surface area contributed by atoms with Gasteiger partial charge >= 0.3 is 11.9 Å². The molecule has 1 unspecified atom stereocenters. The molecule has 5 nitrogen and oxygen atoms in total. The minimum absolute atomic E-state index is 0.145. The van der Waals surface area contributed by atoms with Gasteiger partial charge in [-0.2, -0.15) is 0 Å². The fourth-order valence-electron chi connectivity index (χ4n) is 1.52. The summed E-state index contributed by atoms with van der Waals surface area (Å²) in [7, 11) is 1.26. The zero-order valence-corrected chi connectivity index (χ0v) is 13.2. The highest BCUT2D eigenvalue weighted by atomic mass is 16.5. The van der Waals surface area contributed by atoms with Crippen LogP contribution in [-0.2, 0) is 23.9 Å². The first kappa shape index (κ1) is 18.6. The van der Waals surface area contributed by atoms with Gasteiger partial charge in [0.15, 0.2) is 0 Å². The maximum atomic E-state index is 11.8. The number of Topliss-reactive ketones (excluding diaryl/α,β-unsaturated/α-hetero) is 1. The molecule has 0 heterocycles. The second-order valence-corrected chi connectivity index (χ2v) is 5.87. The number of ether oxygens (including phenoxy) is 2. The third-order valence-corrected chi connectivity index (χ3v) is 2.89. The molecule has 5 heteroatoms. The van der Waals surface area contributed by atoms with Gasteiger partial charge in [0.25, 0.3) is 0 Å². The Balaban J connectivity index is 4.05. The normalized spacial score (nSPS) is 12.7. The summed E-state index contributed by atoms with van der Waals surface area (Å²) in [5, 5.41) is 0. The third-order valence-electron chi connectivity index (χ3n) is 2.89. The lowest BCUT2D eigenvalue weighted by Gasteiger charge is -2.22. The Labute approximate surface area is 121 Å². The van der Waals surface area contributed by atoms with E-state index in [2.05, 4.69) is 4.74 Å². The summed E-state index contributed by atoms with van der Waals surface area (Å²) in [6.07, 6.45) is 1.89. The molecule has 0 aromatic rings. The predicted octanol–water partition coefficient (Wildman–Crippen LogP) is 2.66. The molecule has 0 aliphatic carbocycles. The first-order chi connectivity index (χ1) is 9.20. The summed E-state index contributed by atoms with van der Waals surface area (Å²) < 4.78 is 9.84. The van der Waals surface area contributed by atoms with Gasteiger partial charge in [0.05, 0.1) is 12.5 Å². The molecule has 0 rings (SSSR count). The fourth-order valence-corrected chi connectivity index (χ4v) is 1.52. The molecule has 0 spiro atoms. The second-order valence-electron chi connectivity index (χ2n) is 5.87. The molecule has 0 radical (unpaired) electrons. The predicted molar refractivity (Wildman–Crippen MR) is 75.1 cm³/mol. The van der Waals surface area contributed by atoms with Crippen molar-refractivity contribution in [3.63, 3.8) is 0 Å². The quantitative estimate of drug-likeness (QED) is 0.507. The van der Waals surface area contributed by atoms with Crippen LogP contribution in [-0.4, -0.2) is 30.9 Å². The summed E-state index contributed by atoms with van der Waals surface area (Å²) in [4.78, 5) is 34.1. The minimum Gasteiger partial charge on any atom is -0.469 e. The van der Waals surface area contributed by atoms with Gasteiger partial charge in [0, 0.05) is 6.42 Å². The Kier molecular flexibility index (Phi) is 8.11. The summed E-state index contributed by atoms with van der Waals surface area (Å²) in [5.41, 5.74) is -0.520. The van der Waals surface area contributed by atoms with E-state index in [-0.39, 0.29) is 24.3 Å². The van der Waals surface area contributed by atoms with Crippen LogP contribution >= 0.6 is 0 Å². The van der Waals surface area contributed by atoms with Crippen molar-refractivity contribution in [3.05, 3.63) is 0 Å². The molecule has 0 aliphatic rings. The summed E-state index contributed by atoms with van der Waals surface area (Å²) in [5.74, 6) is -0.889. The molecule has 116 valence electrons. The van der Waals surface area contributed by atoms with Crippen molar-refractivity contribution in [2.75, 3.05) is 7.11 Å². The van der Waals surface area contributed by atoms with Crippen LogP contribution in [0.2, 0.25) is 0 Å². The van der Waals surface area contributed by atoms with Gasteiger partial charge in [-0.15, -0.1) is 0 Å². The number of hydrogen-bond donors (Lipinski definition) is 0. The first-order valence-electron chi connectivity index (χ1n) is 7.00. The highest BCUT2D eigenvalue weighted by Gasteiger charge is 2.25. The van der Waals surface area contributed by atoms with Crippen molar-refractivity contribution in [2.24, 2.45) is 5.41 Å². The maximum Gasteiger partial charge on any atom is 0.313 e. The van der Waals surface area contributed by atoms with Gasteiger partial charge < -0.3 is 9.47 Å². The van der Waals surface area contributed by atoms with Crippen molar-refractivity contribution in [1.29, 1.82) is 0 Å². The summed E-state index contributed by atoms with van der Waals surface area (Å²) in [6.45, 7) is 7.36. The largest absolute Gasteiger partial charge is 0.469 e. The molecule has 0 fully saturated rings. The molecule has 0 N–H and O–H groups in total. The number of hydrogen-bond acceptors (Lipinski definition) is 5. The lowest BCUT2D eigenvalue weighted by molar-refractivity contribution is -0.159. The van der Waals surface area contributed by atoms with Crippen LogP contribution in [0.4, 0.5) is 0 Å². The van der Waals surface area contributed by atoms with E-state index in [1.165, 1.54) is 7.11 Å². The molecular weight excluding hydrogens is 260 g/mol. The van der Waals surface area contributed by atoms with Crippen LogP contribution in [0.5, 0.6) is 0 Å². The molecule has 1 atom stereocenters. The van der Waals surface area contributed by atoms with Crippen LogP contribution in [0.25, 0.3) is 0 Å². The van der Waals surface area contributed by atoms with Crippen LogP contribution in [0.3, 0.4) is 0 Å². The van der Waals surface area contributed by atoms with E-state index in [0.29, 0.717) is 25.7 Å². The smallest absolute Gasteiger partial charge is 0.313 e. The van der Waals surface area contributed by atoms with Gasteiger partial charge in [0.2, 0.25) is 0 Å². The van der Waals surface area contributed by atoms with Gasteiger partial charge in [-0.25, -0.2) is 0 Å². The van der Waals surface area contributed by atoms with E-state index in [4.69, 9.17) is 4.74 Å². The lowest BCUT2D eigenvalue weighted by Crippen LogP contribution is -2.28. The van der Waals surface area contributed by atoms with Gasteiger partial charge in [-0.3, -0.25) is 14.4 Å². The maximum absolute atomic E-state index is 11.8. The van der Waals surface area contributed by atoms with Gasteiger partial charge in [0.1, 0.15) is 18.3 Å². The molecule has 0 aromatic heterocycles. The zero-order chi connectivity index (χ0) is 15.8. The van der Waals surface area contributed by atoms with Crippen molar-refractivity contribution in [1.82, 2.24) is 0 Å². The second kappa shape index (κ2) is 8.72. The number of methoxy groups -OCH3 is 1. The van der Waals surface area contributed by atoms with E-state index in [9.17, 15) is 14.4 Å². The van der Waals surface area contributed by atoms with E-state index >= 15 is 0 Å². The standard InChI is InChI=1S/C15H26O5/c1-6-12(20-14(18)15(2,3)4)9-7-8-11(16)10-13(17)19-5/h12H,6-10H2,1-5H3. The van der Waals surface area contributed by atoms with E-state index < -0.39 is 11.4 Å². The molecule has 0 amide bonds. The average molecular weight is 286 g/mol. The Morgan fingerprint density at radius 1 is 1.15 bits per heavy atom. The van der Waals surface area contributed by atoms with Crippen LogP contribution in [0.15, 0.2) is 0 Å². The highest BCUT2D eigenvalue weighted by molar-refractivity contribution is 5.95. The van der Waals surface area contributed by atoms with E-state index in [1.54, 1.807) is 0 Å². The number of rotatable bonds is 8. The Bertz CT molecular complexity index is 341. The SMILES string of the molecule is CCC(CCCC(=O)CC(=O)OC)OC(=O)C(C)(C)C. The van der Waals surface area contributed by atoms with Gasteiger partial charge in [-0.1, -0.05) is 6.92 Å². The summed E-state index contributed by atoms with van der Waals surface area (Å²) in [6, 6.07) is 0. The van der Waals surface area contributed by atoms with Crippen LogP contribution in [0, 0.1) is 5.41 Å². The number of carbonyl (C=O) groups is 3. The van der Waals surface area contributed by atoms with Gasteiger partial charge in [-0.05, 0) is 40.0 Å². The molecule has 0 aromatic carbocycles. The van der Waals surface area contributed by atoms with E-state index in [0.717, 1.165) is 0 Å². The minimum atomic E-state index is -0.520. The Morgan fingerprint density at radius 2 is 1.75 bits per heavy atom. The monoisotopic (exact) mass is 286 g/mol. The average Bonchev–Trinajstić information content (AvgIpc) is 2.35. The fraction of sp³-hybridized carbons (Fsp3) is 0.800. The van der Waals surface area contributed by atoms with Crippen LogP contribution in [0.1, 0.15) is 59.8 Å². The molecule has 0 saturated carbocycles. The topological polar surface area (TPSA) is 69.7 Å². The Hall–Kier alpha value is -1.39.